The number of aromatic nitrogens is 1. The third kappa shape index (κ3) is 4.31. The summed E-state index contributed by atoms with van der Waals surface area (Å²) in [6, 6.07) is 61.0. The highest BCUT2D eigenvalue weighted by atomic mass is 16.3. The zero-order chi connectivity index (χ0) is 35.3. The van der Waals surface area contributed by atoms with Crippen LogP contribution in [0, 0.1) is 0 Å². The van der Waals surface area contributed by atoms with E-state index in [1.807, 2.05) is 0 Å². The molecular weight excluding hydrogens is 645 g/mol. The lowest BCUT2D eigenvalue weighted by Crippen LogP contribution is -2.16. The van der Waals surface area contributed by atoms with E-state index in [-0.39, 0.29) is 5.41 Å². The van der Waals surface area contributed by atoms with E-state index in [4.69, 9.17) is 9.40 Å². The molecule has 0 bridgehead atoms. The SMILES string of the molecule is CC1(C)c2ccccc2-c2ccc(N(c3cccc4ccccc34)c3cc4c(-c5ccccc5)nc5ccccc5c4c4c3oc3ccccc34)cc21. The Bertz CT molecular complexity index is 3090. The Morgan fingerprint density at radius 1 is 0.509 bits per heavy atom. The molecule has 10 aromatic rings. The van der Waals surface area contributed by atoms with Gasteiger partial charge in [0.15, 0.2) is 5.58 Å². The summed E-state index contributed by atoms with van der Waals surface area (Å²) in [7, 11) is 0. The zero-order valence-electron chi connectivity index (χ0n) is 29.5. The molecule has 8 aromatic carbocycles. The number of para-hydroxylation sites is 2. The molecule has 0 fully saturated rings. The average Bonchev–Trinajstić information content (AvgIpc) is 3.71. The van der Waals surface area contributed by atoms with Gasteiger partial charge < -0.3 is 9.32 Å². The normalized spacial score (nSPS) is 13.2. The first-order chi connectivity index (χ1) is 26.1. The van der Waals surface area contributed by atoms with Crippen LogP contribution in [-0.2, 0) is 5.41 Å². The van der Waals surface area contributed by atoms with Gasteiger partial charge in [0.2, 0.25) is 0 Å². The highest BCUT2D eigenvalue weighted by Crippen LogP contribution is 2.53. The van der Waals surface area contributed by atoms with E-state index in [9.17, 15) is 0 Å². The fraction of sp³-hybridized carbons (Fsp3) is 0.0600. The molecule has 0 amide bonds. The second-order valence-corrected chi connectivity index (χ2v) is 14.7. The molecule has 1 aliphatic rings. The lowest BCUT2D eigenvalue weighted by atomic mass is 9.82. The molecule has 3 heteroatoms. The molecule has 0 radical (unpaired) electrons. The number of pyridine rings is 1. The molecule has 0 N–H and O–H groups in total. The Morgan fingerprint density at radius 2 is 1.21 bits per heavy atom. The maximum Gasteiger partial charge on any atom is 0.160 e. The van der Waals surface area contributed by atoms with Gasteiger partial charge in [0.1, 0.15) is 5.58 Å². The molecule has 0 saturated carbocycles. The first-order valence-corrected chi connectivity index (χ1v) is 18.3. The summed E-state index contributed by atoms with van der Waals surface area (Å²) >= 11 is 0. The number of anilines is 3. The number of rotatable bonds is 4. The smallest absolute Gasteiger partial charge is 0.160 e. The van der Waals surface area contributed by atoms with Gasteiger partial charge in [-0.05, 0) is 64.0 Å². The highest BCUT2D eigenvalue weighted by Gasteiger charge is 2.36. The van der Waals surface area contributed by atoms with Crippen molar-refractivity contribution in [2.75, 3.05) is 4.90 Å². The van der Waals surface area contributed by atoms with Crippen LogP contribution >= 0.6 is 0 Å². The van der Waals surface area contributed by atoms with Crippen molar-refractivity contribution in [3.63, 3.8) is 0 Å². The van der Waals surface area contributed by atoms with Gasteiger partial charge >= 0.3 is 0 Å². The summed E-state index contributed by atoms with van der Waals surface area (Å²) in [5.41, 5.74) is 13.0. The lowest BCUT2D eigenvalue weighted by Gasteiger charge is -2.29. The molecule has 2 heterocycles. The molecule has 0 atom stereocenters. The molecule has 0 unspecified atom stereocenters. The summed E-state index contributed by atoms with van der Waals surface area (Å²) in [6.45, 7) is 4.69. The number of furan rings is 1. The Balaban J connectivity index is 1.31. The van der Waals surface area contributed by atoms with Crippen molar-refractivity contribution in [3.05, 3.63) is 181 Å². The summed E-state index contributed by atoms with van der Waals surface area (Å²) < 4.78 is 7.04. The zero-order valence-corrected chi connectivity index (χ0v) is 29.5. The van der Waals surface area contributed by atoms with E-state index in [0.29, 0.717) is 0 Å². The van der Waals surface area contributed by atoms with Gasteiger partial charge in [-0.3, -0.25) is 0 Å². The number of nitrogens with zero attached hydrogens (tertiary/aromatic N) is 2. The lowest BCUT2D eigenvalue weighted by molar-refractivity contribution is 0.660. The van der Waals surface area contributed by atoms with Crippen molar-refractivity contribution in [1.29, 1.82) is 0 Å². The van der Waals surface area contributed by atoms with Gasteiger partial charge in [-0.25, -0.2) is 4.98 Å². The molecule has 1 aliphatic carbocycles. The Morgan fingerprint density at radius 3 is 2.09 bits per heavy atom. The first kappa shape index (κ1) is 30.0. The van der Waals surface area contributed by atoms with Crippen LogP contribution in [0.4, 0.5) is 17.1 Å². The van der Waals surface area contributed by atoms with Gasteiger partial charge in [0, 0.05) is 49.0 Å². The number of hydrogen-bond acceptors (Lipinski definition) is 3. The van der Waals surface area contributed by atoms with Gasteiger partial charge in [0.05, 0.1) is 22.6 Å². The second kappa shape index (κ2) is 11.1. The molecule has 3 nitrogen and oxygen atoms in total. The van der Waals surface area contributed by atoms with Gasteiger partial charge in [-0.2, -0.15) is 0 Å². The van der Waals surface area contributed by atoms with Crippen LogP contribution < -0.4 is 4.90 Å². The monoisotopic (exact) mass is 678 g/mol. The van der Waals surface area contributed by atoms with E-state index >= 15 is 0 Å². The highest BCUT2D eigenvalue weighted by molar-refractivity contribution is 6.31. The van der Waals surface area contributed by atoms with Gasteiger partial charge in [-0.15, -0.1) is 0 Å². The first-order valence-electron chi connectivity index (χ1n) is 18.3. The Kier molecular flexibility index (Phi) is 6.30. The number of hydrogen-bond donors (Lipinski definition) is 0. The topological polar surface area (TPSA) is 29.3 Å². The predicted molar refractivity (Wildman–Crippen MR) is 222 cm³/mol. The van der Waals surface area contributed by atoms with Gasteiger partial charge in [-0.1, -0.05) is 147 Å². The van der Waals surface area contributed by atoms with Crippen LogP contribution in [0.3, 0.4) is 0 Å². The van der Waals surface area contributed by atoms with Crippen LogP contribution in [0.1, 0.15) is 25.0 Å². The Hall–Kier alpha value is -6.71. The molecule has 0 aliphatic heterocycles. The molecule has 2 aromatic heterocycles. The standard InChI is InChI=1S/C50H34N2O/c1-50(2)40-23-11-8-20-35(40)36-28-27-33(29-41(36)50)52(43-25-14-18-31-15-6-7-19-34(31)43)44-30-39-46(47-38-22-10-13-26-45(38)53-49(44)47)37-21-9-12-24-42(37)51-48(39)32-16-4-3-5-17-32/h3-30H,1-2H3. The van der Waals surface area contributed by atoms with E-state index < -0.39 is 0 Å². The molecule has 53 heavy (non-hydrogen) atoms. The van der Waals surface area contributed by atoms with Crippen LogP contribution in [0.2, 0.25) is 0 Å². The van der Waals surface area contributed by atoms with Crippen molar-refractivity contribution in [3.8, 4) is 22.4 Å². The minimum Gasteiger partial charge on any atom is -0.454 e. The minimum absolute atomic E-state index is 0.159. The Labute approximate surface area is 307 Å². The second-order valence-electron chi connectivity index (χ2n) is 14.7. The average molecular weight is 679 g/mol. The van der Waals surface area contributed by atoms with Crippen LogP contribution in [0.15, 0.2) is 174 Å². The molecule has 0 saturated heterocycles. The molecule has 11 rings (SSSR count). The van der Waals surface area contributed by atoms with Crippen LogP contribution in [0.5, 0.6) is 0 Å². The maximum atomic E-state index is 7.04. The van der Waals surface area contributed by atoms with E-state index in [2.05, 4.69) is 189 Å². The quantitative estimate of drug-likeness (QED) is 0.174. The predicted octanol–water partition coefficient (Wildman–Crippen LogP) is 13.9. The van der Waals surface area contributed by atoms with Crippen molar-refractivity contribution >= 4 is 71.4 Å². The van der Waals surface area contributed by atoms with Crippen molar-refractivity contribution in [1.82, 2.24) is 4.98 Å². The van der Waals surface area contributed by atoms with E-state index in [1.165, 1.54) is 33.0 Å². The largest absolute Gasteiger partial charge is 0.454 e. The number of fused-ring (bicyclic) bond motifs is 11. The summed E-state index contributed by atoms with van der Waals surface area (Å²) in [4.78, 5) is 7.81. The summed E-state index contributed by atoms with van der Waals surface area (Å²) in [5, 5.41) is 7.89. The summed E-state index contributed by atoms with van der Waals surface area (Å²) in [5.74, 6) is 0. The fourth-order valence-electron chi connectivity index (χ4n) is 8.94. The molecular formula is C50H34N2O. The van der Waals surface area contributed by atoms with E-state index in [0.717, 1.165) is 71.9 Å². The van der Waals surface area contributed by atoms with E-state index in [1.54, 1.807) is 0 Å². The van der Waals surface area contributed by atoms with Gasteiger partial charge in [0.25, 0.3) is 0 Å². The van der Waals surface area contributed by atoms with Crippen molar-refractivity contribution in [2.45, 2.75) is 19.3 Å². The van der Waals surface area contributed by atoms with Crippen LogP contribution in [0.25, 0.3) is 76.8 Å². The third-order valence-electron chi connectivity index (χ3n) is 11.4. The third-order valence-corrected chi connectivity index (χ3v) is 11.4. The van der Waals surface area contributed by atoms with Crippen molar-refractivity contribution in [2.24, 2.45) is 0 Å². The fourth-order valence-corrected chi connectivity index (χ4v) is 8.94. The number of benzene rings is 8. The molecule has 250 valence electrons. The minimum atomic E-state index is -0.159. The molecule has 0 spiro atoms. The van der Waals surface area contributed by atoms with Crippen molar-refractivity contribution < 1.29 is 4.42 Å². The summed E-state index contributed by atoms with van der Waals surface area (Å²) in [6.07, 6.45) is 0. The van der Waals surface area contributed by atoms with Crippen LogP contribution in [-0.4, -0.2) is 4.98 Å². The maximum absolute atomic E-state index is 7.04.